The van der Waals surface area contributed by atoms with E-state index in [1.807, 2.05) is 51.1 Å². The number of hydrogen-bond acceptors (Lipinski definition) is 4. The van der Waals surface area contributed by atoms with E-state index in [2.05, 4.69) is 21.2 Å². The summed E-state index contributed by atoms with van der Waals surface area (Å²) in [4.78, 5) is 27.7. The third-order valence-corrected chi connectivity index (χ3v) is 6.27. The molecule has 2 aromatic rings. The Morgan fingerprint density at radius 1 is 1.06 bits per heavy atom. The normalized spacial score (nSPS) is 12.7. The van der Waals surface area contributed by atoms with Gasteiger partial charge in [-0.1, -0.05) is 52.3 Å². The van der Waals surface area contributed by atoms with Gasteiger partial charge in [0.2, 0.25) is 21.8 Å². The van der Waals surface area contributed by atoms with Gasteiger partial charge in [0.05, 0.1) is 11.9 Å². The van der Waals surface area contributed by atoms with Crippen molar-refractivity contribution in [3.8, 4) is 0 Å². The van der Waals surface area contributed by atoms with Crippen LogP contribution in [0.1, 0.15) is 33.3 Å². The van der Waals surface area contributed by atoms with Gasteiger partial charge in [0.1, 0.15) is 12.6 Å². The predicted molar refractivity (Wildman–Crippen MR) is 131 cm³/mol. The molecule has 0 bridgehead atoms. The molecule has 2 amide bonds. The van der Waals surface area contributed by atoms with Gasteiger partial charge in [0.15, 0.2) is 0 Å². The summed E-state index contributed by atoms with van der Waals surface area (Å²) in [5.74, 6) is -0.786. The largest absolute Gasteiger partial charge is 0.350 e. The first-order valence-corrected chi connectivity index (χ1v) is 12.8. The maximum Gasteiger partial charge on any atom is 0.244 e. The molecule has 9 heteroatoms. The molecule has 0 aromatic heterocycles. The molecule has 174 valence electrons. The van der Waals surface area contributed by atoms with Gasteiger partial charge in [0, 0.05) is 16.6 Å². The molecule has 0 aliphatic rings. The SMILES string of the molecule is C[C@@H](C(=O)NC(C)(C)C)N(Cc1ccccc1)C(=O)CN(c1cccc(Br)c1)S(C)(=O)=O. The minimum atomic E-state index is -3.75. The molecule has 0 spiro atoms. The van der Waals surface area contributed by atoms with Crippen molar-refractivity contribution in [2.24, 2.45) is 0 Å². The Hall–Kier alpha value is -2.39. The van der Waals surface area contributed by atoms with Crippen molar-refractivity contribution in [1.29, 1.82) is 0 Å². The van der Waals surface area contributed by atoms with E-state index >= 15 is 0 Å². The van der Waals surface area contributed by atoms with E-state index in [0.29, 0.717) is 10.2 Å². The van der Waals surface area contributed by atoms with E-state index in [4.69, 9.17) is 0 Å². The van der Waals surface area contributed by atoms with Crippen LogP contribution in [0.15, 0.2) is 59.1 Å². The van der Waals surface area contributed by atoms with Crippen LogP contribution in [-0.2, 0) is 26.2 Å². The fourth-order valence-electron chi connectivity index (χ4n) is 3.08. The summed E-state index contributed by atoms with van der Waals surface area (Å²) in [6.07, 6.45) is 1.05. The standard InChI is InChI=1S/C23H30BrN3O4S/c1-17(22(29)25-23(2,3)4)26(15-18-10-7-6-8-11-18)21(28)16-27(32(5,30)31)20-13-9-12-19(24)14-20/h6-14,17H,15-16H2,1-5H3,(H,25,29)/t17-/m0/s1. The lowest BCUT2D eigenvalue weighted by Crippen LogP contribution is -2.54. The molecule has 0 aliphatic carbocycles. The summed E-state index contributed by atoms with van der Waals surface area (Å²) in [6.45, 7) is 6.98. The highest BCUT2D eigenvalue weighted by atomic mass is 79.9. The van der Waals surface area contributed by atoms with Gasteiger partial charge < -0.3 is 10.2 Å². The molecule has 0 saturated heterocycles. The highest BCUT2D eigenvalue weighted by Gasteiger charge is 2.31. The summed E-state index contributed by atoms with van der Waals surface area (Å²) >= 11 is 3.34. The Labute approximate surface area is 199 Å². The number of hydrogen-bond donors (Lipinski definition) is 1. The van der Waals surface area contributed by atoms with Crippen molar-refractivity contribution in [2.45, 2.75) is 45.8 Å². The third-order valence-electron chi connectivity index (χ3n) is 4.64. The number of benzene rings is 2. The van der Waals surface area contributed by atoms with Crippen LogP contribution < -0.4 is 9.62 Å². The van der Waals surface area contributed by atoms with Crippen molar-refractivity contribution in [1.82, 2.24) is 10.2 Å². The van der Waals surface area contributed by atoms with Gasteiger partial charge in [-0.25, -0.2) is 8.42 Å². The zero-order chi connectivity index (χ0) is 24.1. The zero-order valence-corrected chi connectivity index (χ0v) is 21.4. The highest BCUT2D eigenvalue weighted by Crippen LogP contribution is 2.23. The van der Waals surface area contributed by atoms with Crippen LogP contribution >= 0.6 is 15.9 Å². The van der Waals surface area contributed by atoms with E-state index in [9.17, 15) is 18.0 Å². The average Bonchev–Trinajstić information content (AvgIpc) is 2.68. The third kappa shape index (κ3) is 7.63. The Morgan fingerprint density at radius 3 is 2.22 bits per heavy atom. The summed E-state index contributed by atoms with van der Waals surface area (Å²) in [5, 5.41) is 2.89. The Bertz CT molecular complexity index is 1050. The van der Waals surface area contributed by atoms with Gasteiger partial charge >= 0.3 is 0 Å². The maximum atomic E-state index is 13.4. The minimum Gasteiger partial charge on any atom is -0.350 e. The first-order chi connectivity index (χ1) is 14.8. The quantitative estimate of drug-likeness (QED) is 0.573. The fraction of sp³-hybridized carbons (Fsp3) is 0.391. The molecule has 7 nitrogen and oxygen atoms in total. The van der Waals surface area contributed by atoms with Crippen LogP contribution in [0.3, 0.4) is 0 Å². The van der Waals surface area contributed by atoms with Crippen LogP contribution in [0.25, 0.3) is 0 Å². The molecule has 2 rings (SSSR count). The van der Waals surface area contributed by atoms with E-state index in [1.54, 1.807) is 31.2 Å². The summed E-state index contributed by atoms with van der Waals surface area (Å²) < 4.78 is 26.8. The van der Waals surface area contributed by atoms with Crippen LogP contribution in [-0.4, -0.2) is 49.5 Å². The first-order valence-electron chi connectivity index (χ1n) is 10.2. The average molecular weight is 524 g/mol. The second kappa shape index (κ2) is 10.5. The lowest BCUT2D eigenvalue weighted by atomic mass is 10.1. The number of carbonyl (C=O) groups excluding carboxylic acids is 2. The second-order valence-corrected chi connectivity index (χ2v) is 11.5. The Kier molecular flexibility index (Phi) is 8.47. The molecule has 0 fully saturated rings. The number of halogens is 1. The van der Waals surface area contributed by atoms with Crippen molar-refractivity contribution >= 4 is 43.5 Å². The monoisotopic (exact) mass is 523 g/mol. The lowest BCUT2D eigenvalue weighted by molar-refractivity contribution is -0.140. The summed E-state index contributed by atoms with van der Waals surface area (Å²) in [5.41, 5.74) is 0.730. The molecule has 0 aliphatic heterocycles. The van der Waals surface area contributed by atoms with Gasteiger partial charge in [-0.05, 0) is 51.5 Å². The van der Waals surface area contributed by atoms with E-state index in [-0.39, 0.29) is 12.5 Å². The molecular weight excluding hydrogens is 494 g/mol. The molecule has 0 unspecified atom stereocenters. The molecule has 1 N–H and O–H groups in total. The topological polar surface area (TPSA) is 86.8 Å². The molecule has 1 atom stereocenters. The number of anilines is 1. The minimum absolute atomic E-state index is 0.175. The number of rotatable bonds is 8. The van der Waals surface area contributed by atoms with E-state index in [0.717, 1.165) is 16.1 Å². The van der Waals surface area contributed by atoms with Crippen molar-refractivity contribution < 1.29 is 18.0 Å². The molecule has 2 aromatic carbocycles. The predicted octanol–water partition coefficient (Wildman–Crippen LogP) is 3.55. The van der Waals surface area contributed by atoms with Crippen LogP contribution in [0.5, 0.6) is 0 Å². The Morgan fingerprint density at radius 2 is 1.69 bits per heavy atom. The first kappa shape index (κ1) is 25.9. The summed E-state index contributed by atoms with van der Waals surface area (Å²) in [7, 11) is -3.75. The molecular formula is C23H30BrN3O4S. The number of sulfonamides is 1. The van der Waals surface area contributed by atoms with Gasteiger partial charge in [-0.3, -0.25) is 13.9 Å². The number of nitrogens with one attached hydrogen (secondary N) is 1. The molecule has 0 saturated carbocycles. The zero-order valence-electron chi connectivity index (χ0n) is 19.0. The van der Waals surface area contributed by atoms with Gasteiger partial charge in [0.25, 0.3) is 0 Å². The van der Waals surface area contributed by atoms with Crippen LogP contribution in [0.4, 0.5) is 5.69 Å². The van der Waals surface area contributed by atoms with Crippen molar-refractivity contribution in [2.75, 3.05) is 17.1 Å². The fourth-order valence-corrected chi connectivity index (χ4v) is 4.31. The van der Waals surface area contributed by atoms with Gasteiger partial charge in [-0.15, -0.1) is 0 Å². The van der Waals surface area contributed by atoms with Crippen molar-refractivity contribution in [3.05, 3.63) is 64.6 Å². The Balaban J connectivity index is 2.38. The van der Waals surface area contributed by atoms with Crippen LogP contribution in [0, 0.1) is 0 Å². The number of amides is 2. The lowest BCUT2D eigenvalue weighted by Gasteiger charge is -2.33. The molecule has 0 heterocycles. The maximum absolute atomic E-state index is 13.4. The molecule has 32 heavy (non-hydrogen) atoms. The van der Waals surface area contributed by atoms with Gasteiger partial charge in [-0.2, -0.15) is 0 Å². The summed E-state index contributed by atoms with van der Waals surface area (Å²) in [6, 6.07) is 15.2. The number of carbonyl (C=O) groups is 2. The van der Waals surface area contributed by atoms with Crippen molar-refractivity contribution in [3.63, 3.8) is 0 Å². The van der Waals surface area contributed by atoms with E-state index in [1.165, 1.54) is 4.90 Å². The highest BCUT2D eigenvalue weighted by molar-refractivity contribution is 9.10. The second-order valence-electron chi connectivity index (χ2n) is 8.67. The number of nitrogens with zero attached hydrogens (tertiary/aromatic N) is 2. The molecule has 0 radical (unpaired) electrons. The van der Waals surface area contributed by atoms with Crippen LogP contribution in [0.2, 0.25) is 0 Å². The van der Waals surface area contributed by atoms with E-state index < -0.39 is 34.1 Å². The smallest absolute Gasteiger partial charge is 0.244 e.